The lowest BCUT2D eigenvalue weighted by Crippen LogP contribution is -2.33. The number of nitrogens with zero attached hydrogens (tertiary/aromatic N) is 3. The Bertz CT molecular complexity index is 679. The maximum Gasteiger partial charge on any atom is 0.325 e. The van der Waals surface area contributed by atoms with Crippen LogP contribution in [0.25, 0.3) is 0 Å². The van der Waals surface area contributed by atoms with Gasteiger partial charge in [0.15, 0.2) is 0 Å². The van der Waals surface area contributed by atoms with Gasteiger partial charge in [-0.05, 0) is 31.9 Å². The Morgan fingerprint density at radius 1 is 1.12 bits per heavy atom. The molecule has 7 heteroatoms. The summed E-state index contributed by atoms with van der Waals surface area (Å²) in [5.41, 5.74) is 1.91. The van der Waals surface area contributed by atoms with Crippen molar-refractivity contribution in [3.8, 4) is 0 Å². The van der Waals surface area contributed by atoms with E-state index >= 15 is 0 Å². The summed E-state index contributed by atoms with van der Waals surface area (Å²) < 4.78 is 0. The highest BCUT2D eigenvalue weighted by atomic mass is 32.1. The van der Waals surface area contributed by atoms with E-state index in [0.717, 1.165) is 16.4 Å². The monoisotopic (exact) mass is 345 g/mol. The van der Waals surface area contributed by atoms with Gasteiger partial charge in [-0.3, -0.25) is 5.32 Å². The second kappa shape index (κ2) is 7.61. The molecule has 1 saturated carbocycles. The van der Waals surface area contributed by atoms with Gasteiger partial charge in [0.1, 0.15) is 0 Å². The third-order valence-electron chi connectivity index (χ3n) is 4.37. The van der Waals surface area contributed by atoms with Crippen molar-refractivity contribution >= 4 is 33.3 Å². The molecule has 1 aromatic carbocycles. The minimum atomic E-state index is -0.304. The number of carbonyl (C=O) groups excluding carboxylic acids is 1. The Morgan fingerprint density at radius 2 is 1.83 bits per heavy atom. The standard InChI is InChI=1S/C17H23N5OS/c1-12-8-10-13(11-9-12)18-15(23)19-16-20-21-17(24-16)22(2)14-6-4-3-5-7-14/h8-11,14H,3-7H2,1-2H3,(H2,18,19,20,23). The topological polar surface area (TPSA) is 70.1 Å². The fourth-order valence-corrected chi connectivity index (χ4v) is 3.70. The molecule has 2 amide bonds. The lowest BCUT2D eigenvalue weighted by atomic mass is 9.95. The van der Waals surface area contributed by atoms with Crippen LogP contribution in [0.3, 0.4) is 0 Å². The van der Waals surface area contributed by atoms with E-state index in [0.29, 0.717) is 11.2 Å². The van der Waals surface area contributed by atoms with Crippen molar-refractivity contribution in [1.82, 2.24) is 10.2 Å². The van der Waals surface area contributed by atoms with E-state index in [1.165, 1.54) is 43.4 Å². The largest absolute Gasteiger partial charge is 0.347 e. The quantitative estimate of drug-likeness (QED) is 0.868. The zero-order chi connectivity index (χ0) is 16.9. The second-order valence-corrected chi connectivity index (χ2v) is 7.19. The van der Waals surface area contributed by atoms with Crippen molar-refractivity contribution in [1.29, 1.82) is 0 Å². The van der Waals surface area contributed by atoms with Crippen molar-refractivity contribution in [2.24, 2.45) is 0 Å². The summed E-state index contributed by atoms with van der Waals surface area (Å²) in [6.07, 6.45) is 6.28. The average molecular weight is 345 g/mol. The van der Waals surface area contributed by atoms with Crippen molar-refractivity contribution < 1.29 is 4.79 Å². The van der Waals surface area contributed by atoms with Gasteiger partial charge in [-0.1, -0.05) is 48.3 Å². The highest BCUT2D eigenvalue weighted by molar-refractivity contribution is 7.19. The lowest BCUT2D eigenvalue weighted by Gasteiger charge is -2.30. The van der Waals surface area contributed by atoms with E-state index in [2.05, 4.69) is 32.8 Å². The number of amides is 2. The first kappa shape index (κ1) is 16.7. The first-order chi connectivity index (χ1) is 11.6. The summed E-state index contributed by atoms with van der Waals surface area (Å²) in [7, 11) is 2.06. The van der Waals surface area contributed by atoms with Gasteiger partial charge in [0.05, 0.1) is 0 Å². The van der Waals surface area contributed by atoms with Gasteiger partial charge in [0.25, 0.3) is 0 Å². The van der Waals surface area contributed by atoms with Gasteiger partial charge in [0.2, 0.25) is 10.3 Å². The molecule has 1 fully saturated rings. The molecule has 3 rings (SSSR count). The van der Waals surface area contributed by atoms with Gasteiger partial charge >= 0.3 is 6.03 Å². The second-order valence-electron chi connectivity index (χ2n) is 6.24. The Labute approximate surface area is 146 Å². The first-order valence-electron chi connectivity index (χ1n) is 8.33. The maximum atomic E-state index is 12.1. The molecule has 24 heavy (non-hydrogen) atoms. The van der Waals surface area contributed by atoms with Gasteiger partial charge in [-0.25, -0.2) is 4.79 Å². The van der Waals surface area contributed by atoms with Crippen LogP contribution in [-0.4, -0.2) is 29.3 Å². The van der Waals surface area contributed by atoms with Crippen LogP contribution in [0.2, 0.25) is 0 Å². The lowest BCUT2D eigenvalue weighted by molar-refractivity contribution is 0.262. The fourth-order valence-electron chi connectivity index (χ4n) is 2.93. The molecule has 1 heterocycles. The number of hydrogen-bond acceptors (Lipinski definition) is 5. The first-order valence-corrected chi connectivity index (χ1v) is 9.14. The summed E-state index contributed by atoms with van der Waals surface area (Å²) in [6.45, 7) is 2.01. The summed E-state index contributed by atoms with van der Waals surface area (Å²) in [5, 5.41) is 15.2. The zero-order valence-electron chi connectivity index (χ0n) is 14.1. The predicted molar refractivity (Wildman–Crippen MR) is 99.0 cm³/mol. The Kier molecular flexibility index (Phi) is 5.30. The molecule has 2 N–H and O–H groups in total. The number of aryl methyl sites for hydroxylation is 1. The molecule has 1 aliphatic rings. The van der Waals surface area contributed by atoms with Crippen LogP contribution in [0.4, 0.5) is 20.7 Å². The molecule has 2 aromatic rings. The Balaban J connectivity index is 1.56. The van der Waals surface area contributed by atoms with E-state index in [1.54, 1.807) is 0 Å². The van der Waals surface area contributed by atoms with Gasteiger partial charge in [0, 0.05) is 18.8 Å². The van der Waals surface area contributed by atoms with Gasteiger partial charge < -0.3 is 10.2 Å². The number of hydrogen-bond donors (Lipinski definition) is 2. The van der Waals surface area contributed by atoms with E-state index in [4.69, 9.17) is 0 Å². The molecule has 0 saturated heterocycles. The molecule has 0 atom stereocenters. The van der Waals surface area contributed by atoms with Crippen molar-refractivity contribution in [2.45, 2.75) is 45.1 Å². The fraction of sp³-hybridized carbons (Fsp3) is 0.471. The van der Waals surface area contributed by atoms with Crippen molar-refractivity contribution in [2.75, 3.05) is 22.6 Å². The molecule has 1 aromatic heterocycles. The minimum absolute atomic E-state index is 0.304. The van der Waals surface area contributed by atoms with E-state index in [-0.39, 0.29) is 6.03 Å². The van der Waals surface area contributed by atoms with Crippen LogP contribution >= 0.6 is 11.3 Å². The summed E-state index contributed by atoms with van der Waals surface area (Å²) in [5.74, 6) is 0. The molecule has 0 aliphatic heterocycles. The minimum Gasteiger partial charge on any atom is -0.347 e. The van der Waals surface area contributed by atoms with E-state index in [9.17, 15) is 4.79 Å². The molecule has 128 valence electrons. The number of nitrogens with one attached hydrogen (secondary N) is 2. The van der Waals surface area contributed by atoms with Gasteiger partial charge in [-0.15, -0.1) is 10.2 Å². The smallest absolute Gasteiger partial charge is 0.325 e. The normalized spacial score (nSPS) is 15.1. The molecule has 6 nitrogen and oxygen atoms in total. The van der Waals surface area contributed by atoms with Crippen LogP contribution in [0.1, 0.15) is 37.7 Å². The van der Waals surface area contributed by atoms with Gasteiger partial charge in [-0.2, -0.15) is 0 Å². The van der Waals surface area contributed by atoms with E-state index < -0.39 is 0 Å². The molecule has 0 bridgehead atoms. The van der Waals surface area contributed by atoms with Crippen molar-refractivity contribution in [3.63, 3.8) is 0 Å². The summed E-state index contributed by atoms with van der Waals surface area (Å²) >= 11 is 1.41. The van der Waals surface area contributed by atoms with E-state index in [1.807, 2.05) is 31.2 Å². The summed E-state index contributed by atoms with van der Waals surface area (Å²) in [4.78, 5) is 14.2. The number of benzene rings is 1. The van der Waals surface area contributed by atoms with Crippen LogP contribution in [-0.2, 0) is 0 Å². The summed E-state index contributed by atoms with van der Waals surface area (Å²) in [6, 6.07) is 7.88. The molecule has 0 radical (unpaired) electrons. The highest BCUT2D eigenvalue weighted by Gasteiger charge is 2.21. The van der Waals surface area contributed by atoms with Crippen molar-refractivity contribution in [3.05, 3.63) is 29.8 Å². The number of urea groups is 1. The molecule has 0 unspecified atom stereocenters. The average Bonchev–Trinajstić information content (AvgIpc) is 3.05. The number of anilines is 3. The SMILES string of the molecule is Cc1ccc(NC(=O)Nc2nnc(N(C)C3CCCCC3)s2)cc1. The van der Waals surface area contributed by atoms with Crippen LogP contribution in [0.15, 0.2) is 24.3 Å². The Morgan fingerprint density at radius 3 is 2.54 bits per heavy atom. The number of rotatable bonds is 4. The third-order valence-corrected chi connectivity index (χ3v) is 5.30. The third kappa shape index (κ3) is 4.23. The number of aromatic nitrogens is 2. The van der Waals surface area contributed by atoms with Crippen LogP contribution in [0, 0.1) is 6.92 Å². The van der Waals surface area contributed by atoms with Crippen LogP contribution < -0.4 is 15.5 Å². The zero-order valence-corrected chi connectivity index (χ0v) is 14.9. The molecular weight excluding hydrogens is 322 g/mol. The highest BCUT2D eigenvalue weighted by Crippen LogP contribution is 2.29. The predicted octanol–water partition coefficient (Wildman–Crippen LogP) is 4.26. The maximum absolute atomic E-state index is 12.1. The molecular formula is C17H23N5OS. The molecule has 0 spiro atoms. The Hall–Kier alpha value is -2.15. The van der Waals surface area contributed by atoms with Crippen LogP contribution in [0.5, 0.6) is 0 Å². The number of carbonyl (C=O) groups is 1. The molecule has 1 aliphatic carbocycles.